The average Bonchev–Trinajstić information content (AvgIpc) is 3.15. The fraction of sp³-hybridized carbons (Fsp3) is 0.130. The summed E-state index contributed by atoms with van der Waals surface area (Å²) >= 11 is 0. The molecule has 29 heavy (non-hydrogen) atoms. The number of hydrogen-bond acceptors (Lipinski definition) is 4. The number of benzene rings is 2. The molecule has 146 valence electrons. The molecule has 6 heteroatoms. The van der Waals surface area contributed by atoms with Crippen LogP contribution in [0.2, 0.25) is 0 Å². The number of carbonyl (C=O) groups is 1. The Hall–Kier alpha value is -3.80. The number of ether oxygens (including phenoxy) is 2. The van der Waals surface area contributed by atoms with E-state index in [1.165, 1.54) is 0 Å². The number of anilines is 1. The summed E-state index contributed by atoms with van der Waals surface area (Å²) in [6.45, 7) is 2.22. The van der Waals surface area contributed by atoms with Gasteiger partial charge in [-0.15, -0.1) is 0 Å². The maximum atomic E-state index is 12.9. The van der Waals surface area contributed by atoms with Gasteiger partial charge in [0.25, 0.3) is 5.91 Å². The molecule has 0 atom stereocenters. The Kier molecular flexibility index (Phi) is 5.16. The molecular formula is C23H21N3O3. The molecule has 6 nitrogen and oxygen atoms in total. The molecule has 2 aromatic heterocycles. The summed E-state index contributed by atoms with van der Waals surface area (Å²) in [7, 11) is 1.58. The van der Waals surface area contributed by atoms with E-state index in [2.05, 4.69) is 10.3 Å². The first kappa shape index (κ1) is 18.6. The number of pyridine rings is 1. The summed E-state index contributed by atoms with van der Waals surface area (Å²) < 4.78 is 13.2. The lowest BCUT2D eigenvalue weighted by Gasteiger charge is -2.13. The van der Waals surface area contributed by atoms with Crippen molar-refractivity contribution in [3.8, 4) is 11.5 Å². The summed E-state index contributed by atoms with van der Waals surface area (Å²) in [5, 5.41) is 2.91. The number of rotatable bonds is 6. The second-order valence-electron chi connectivity index (χ2n) is 6.64. The van der Waals surface area contributed by atoms with Crippen molar-refractivity contribution in [3.05, 3.63) is 89.9 Å². The first-order valence-electron chi connectivity index (χ1n) is 9.24. The van der Waals surface area contributed by atoms with Gasteiger partial charge >= 0.3 is 0 Å². The van der Waals surface area contributed by atoms with Crippen molar-refractivity contribution >= 4 is 17.2 Å². The Balaban J connectivity index is 1.53. The number of aromatic nitrogens is 2. The Morgan fingerprint density at radius 1 is 1.07 bits per heavy atom. The van der Waals surface area contributed by atoms with Crippen molar-refractivity contribution in [2.75, 3.05) is 12.4 Å². The molecule has 0 saturated carbocycles. The minimum absolute atomic E-state index is 0.264. The molecule has 0 aliphatic carbocycles. The molecule has 4 aromatic rings. The fourth-order valence-electron chi connectivity index (χ4n) is 3.10. The minimum Gasteiger partial charge on any atom is -0.495 e. The van der Waals surface area contributed by atoms with Crippen molar-refractivity contribution in [2.45, 2.75) is 13.5 Å². The maximum Gasteiger partial charge on any atom is 0.259 e. The number of imidazole rings is 1. The highest BCUT2D eigenvalue weighted by atomic mass is 16.5. The molecule has 0 bridgehead atoms. The lowest BCUT2D eigenvalue weighted by atomic mass is 10.1. The van der Waals surface area contributed by atoms with Crippen molar-refractivity contribution in [1.29, 1.82) is 0 Å². The first-order valence-corrected chi connectivity index (χ1v) is 9.24. The molecule has 0 unspecified atom stereocenters. The van der Waals surface area contributed by atoms with Crippen LogP contribution in [0.5, 0.6) is 11.5 Å². The van der Waals surface area contributed by atoms with Crippen LogP contribution in [0.1, 0.15) is 21.6 Å². The van der Waals surface area contributed by atoms with Gasteiger partial charge in [0.05, 0.1) is 24.1 Å². The van der Waals surface area contributed by atoms with Crippen molar-refractivity contribution in [3.63, 3.8) is 0 Å². The highest BCUT2D eigenvalue weighted by Crippen LogP contribution is 2.27. The van der Waals surface area contributed by atoms with Gasteiger partial charge in [-0.1, -0.05) is 24.3 Å². The van der Waals surface area contributed by atoms with Gasteiger partial charge in [-0.05, 0) is 48.9 Å². The molecule has 0 fully saturated rings. The van der Waals surface area contributed by atoms with Crippen LogP contribution in [0.15, 0.2) is 73.1 Å². The number of aryl methyl sites for hydroxylation is 1. The number of carbonyl (C=O) groups excluding carboxylic acids is 1. The van der Waals surface area contributed by atoms with Crippen LogP contribution in [0.25, 0.3) is 5.65 Å². The van der Waals surface area contributed by atoms with Crippen LogP contribution in [-0.4, -0.2) is 22.4 Å². The third-order valence-corrected chi connectivity index (χ3v) is 4.52. The highest BCUT2D eigenvalue weighted by Gasteiger charge is 2.15. The lowest BCUT2D eigenvalue weighted by molar-refractivity contribution is 0.102. The van der Waals surface area contributed by atoms with Gasteiger partial charge < -0.3 is 19.2 Å². The van der Waals surface area contributed by atoms with Crippen LogP contribution in [0.4, 0.5) is 5.69 Å². The Bertz CT molecular complexity index is 1130. The van der Waals surface area contributed by atoms with E-state index in [1.54, 1.807) is 25.3 Å². The van der Waals surface area contributed by atoms with Crippen LogP contribution in [0.3, 0.4) is 0 Å². The first-order chi connectivity index (χ1) is 14.1. The SMILES string of the molecule is COc1ccc(C)cc1NC(=O)c1ccccc1OCc1cn2ccccc2n1. The minimum atomic E-state index is -0.264. The monoisotopic (exact) mass is 387 g/mol. The number of methoxy groups -OCH3 is 1. The predicted molar refractivity (Wildman–Crippen MR) is 112 cm³/mol. The largest absolute Gasteiger partial charge is 0.495 e. The number of nitrogens with one attached hydrogen (secondary N) is 1. The van der Waals surface area contributed by atoms with Crippen molar-refractivity contribution < 1.29 is 14.3 Å². The van der Waals surface area contributed by atoms with Gasteiger partial charge in [0.2, 0.25) is 0 Å². The Morgan fingerprint density at radius 2 is 1.90 bits per heavy atom. The van der Waals surface area contributed by atoms with E-state index in [0.29, 0.717) is 22.7 Å². The molecule has 0 radical (unpaired) electrons. The molecule has 4 rings (SSSR count). The quantitative estimate of drug-likeness (QED) is 0.530. The van der Waals surface area contributed by atoms with Crippen LogP contribution < -0.4 is 14.8 Å². The summed E-state index contributed by atoms with van der Waals surface area (Å²) in [6, 6.07) is 18.6. The van der Waals surface area contributed by atoms with Gasteiger partial charge in [-0.3, -0.25) is 4.79 Å². The lowest BCUT2D eigenvalue weighted by Crippen LogP contribution is -2.14. The summed E-state index contributed by atoms with van der Waals surface area (Å²) in [5.74, 6) is 0.834. The topological polar surface area (TPSA) is 64.9 Å². The highest BCUT2D eigenvalue weighted by molar-refractivity contribution is 6.06. The zero-order valence-corrected chi connectivity index (χ0v) is 16.3. The second-order valence-corrected chi connectivity index (χ2v) is 6.64. The van der Waals surface area contributed by atoms with E-state index in [-0.39, 0.29) is 12.5 Å². The van der Waals surface area contributed by atoms with Gasteiger partial charge in [0, 0.05) is 12.4 Å². The Morgan fingerprint density at radius 3 is 2.72 bits per heavy atom. The van der Waals surface area contributed by atoms with Gasteiger partial charge in [0.1, 0.15) is 23.8 Å². The van der Waals surface area contributed by atoms with E-state index < -0.39 is 0 Å². The number of amides is 1. The molecule has 1 N–H and O–H groups in total. The van der Waals surface area contributed by atoms with E-state index in [9.17, 15) is 4.79 Å². The van der Waals surface area contributed by atoms with E-state index >= 15 is 0 Å². The third kappa shape index (κ3) is 4.06. The summed E-state index contributed by atoms with van der Waals surface area (Å²) in [5.41, 5.74) is 3.72. The average molecular weight is 387 g/mol. The third-order valence-electron chi connectivity index (χ3n) is 4.52. The maximum absolute atomic E-state index is 12.9. The van der Waals surface area contributed by atoms with Gasteiger partial charge in [-0.25, -0.2) is 4.98 Å². The summed E-state index contributed by atoms with van der Waals surface area (Å²) in [4.78, 5) is 17.4. The van der Waals surface area contributed by atoms with Crippen LogP contribution >= 0.6 is 0 Å². The smallest absolute Gasteiger partial charge is 0.259 e. The van der Waals surface area contributed by atoms with E-state index in [0.717, 1.165) is 16.9 Å². The number of hydrogen-bond donors (Lipinski definition) is 1. The molecule has 0 aliphatic heterocycles. The molecule has 1 amide bonds. The molecule has 0 aliphatic rings. The number of fused-ring (bicyclic) bond motifs is 1. The second kappa shape index (κ2) is 8.06. The van der Waals surface area contributed by atoms with Gasteiger partial charge in [0.15, 0.2) is 0 Å². The molecule has 0 spiro atoms. The molecule has 0 saturated heterocycles. The standard InChI is InChI=1S/C23H21N3O3/c1-16-10-11-21(28-2)19(13-16)25-23(27)18-7-3-4-8-20(18)29-15-17-14-26-12-6-5-9-22(26)24-17/h3-14H,15H2,1-2H3,(H,25,27). The fourth-order valence-corrected chi connectivity index (χ4v) is 3.10. The van der Waals surface area contributed by atoms with E-state index in [4.69, 9.17) is 9.47 Å². The van der Waals surface area contributed by atoms with Crippen LogP contribution in [0, 0.1) is 6.92 Å². The number of nitrogens with zero attached hydrogens (tertiary/aromatic N) is 2. The predicted octanol–water partition coefficient (Wildman–Crippen LogP) is 4.48. The molecule has 2 heterocycles. The Labute approximate surface area is 168 Å². The zero-order chi connectivity index (χ0) is 20.2. The van der Waals surface area contributed by atoms with Crippen molar-refractivity contribution in [1.82, 2.24) is 9.38 Å². The summed E-state index contributed by atoms with van der Waals surface area (Å²) in [6.07, 6.45) is 3.85. The molecular weight excluding hydrogens is 366 g/mol. The van der Waals surface area contributed by atoms with Crippen LogP contribution in [-0.2, 0) is 6.61 Å². The van der Waals surface area contributed by atoms with Gasteiger partial charge in [-0.2, -0.15) is 0 Å². The number of para-hydroxylation sites is 1. The van der Waals surface area contributed by atoms with E-state index in [1.807, 2.05) is 66.2 Å². The zero-order valence-electron chi connectivity index (χ0n) is 16.3. The van der Waals surface area contributed by atoms with Crippen molar-refractivity contribution in [2.24, 2.45) is 0 Å². The normalized spacial score (nSPS) is 10.7. The molecule has 2 aromatic carbocycles.